The maximum atomic E-state index is 13.3. The summed E-state index contributed by atoms with van der Waals surface area (Å²) in [5.41, 5.74) is 1.04. The lowest BCUT2D eigenvalue weighted by atomic mass is 10.1. The molecule has 7 heteroatoms. The molecule has 2 saturated carbocycles. The molecule has 166 valence electrons. The minimum absolute atomic E-state index is 0.0437. The molecule has 2 amide bonds. The molecule has 2 fully saturated rings. The van der Waals surface area contributed by atoms with Gasteiger partial charge in [-0.3, -0.25) is 9.59 Å². The van der Waals surface area contributed by atoms with E-state index in [2.05, 4.69) is 0 Å². The van der Waals surface area contributed by atoms with Gasteiger partial charge in [0, 0.05) is 18.5 Å². The molecule has 0 bridgehead atoms. The van der Waals surface area contributed by atoms with Gasteiger partial charge in [0.15, 0.2) is 11.5 Å². The lowest BCUT2D eigenvalue weighted by Gasteiger charge is -2.27. The minimum atomic E-state index is -0.0437. The third-order valence-electron chi connectivity index (χ3n) is 5.90. The molecule has 7 nitrogen and oxygen atoms in total. The highest BCUT2D eigenvalue weighted by Gasteiger charge is 2.41. The fraction of sp³-hybridized carbons (Fsp3) is 0.500. The van der Waals surface area contributed by atoms with Gasteiger partial charge in [-0.1, -0.05) is 6.07 Å². The van der Waals surface area contributed by atoms with Crippen LogP contribution in [0.5, 0.6) is 11.5 Å². The number of furan rings is 1. The first kappa shape index (κ1) is 21.3. The summed E-state index contributed by atoms with van der Waals surface area (Å²) in [7, 11) is 3.22. The van der Waals surface area contributed by atoms with E-state index in [1.807, 2.05) is 35.2 Å². The fourth-order valence-corrected chi connectivity index (χ4v) is 3.77. The van der Waals surface area contributed by atoms with Crippen LogP contribution in [0.4, 0.5) is 0 Å². The Bertz CT molecular complexity index is 903. The number of rotatable bonds is 11. The van der Waals surface area contributed by atoms with Crippen molar-refractivity contribution in [2.75, 3.05) is 27.3 Å². The van der Waals surface area contributed by atoms with Gasteiger partial charge >= 0.3 is 0 Å². The van der Waals surface area contributed by atoms with Crippen LogP contribution in [0, 0.1) is 5.92 Å². The molecule has 2 aliphatic carbocycles. The summed E-state index contributed by atoms with van der Waals surface area (Å²) in [6, 6.07) is 9.69. The smallest absolute Gasteiger partial charge is 0.242 e. The molecule has 0 aliphatic heterocycles. The molecule has 0 atom stereocenters. The van der Waals surface area contributed by atoms with Crippen LogP contribution in [-0.2, 0) is 22.6 Å². The monoisotopic (exact) mass is 426 g/mol. The molecule has 0 saturated heterocycles. The molecule has 4 rings (SSSR count). The summed E-state index contributed by atoms with van der Waals surface area (Å²) >= 11 is 0. The van der Waals surface area contributed by atoms with Gasteiger partial charge in [0.25, 0.3) is 0 Å². The molecule has 1 aromatic heterocycles. The van der Waals surface area contributed by atoms with E-state index >= 15 is 0 Å². The topological polar surface area (TPSA) is 72.2 Å². The average Bonchev–Trinajstić information content (AvgIpc) is 3.72. The highest BCUT2D eigenvalue weighted by atomic mass is 16.5. The van der Waals surface area contributed by atoms with Crippen LogP contribution >= 0.6 is 0 Å². The third kappa shape index (κ3) is 5.40. The number of ether oxygens (including phenoxy) is 2. The Morgan fingerprint density at radius 2 is 1.84 bits per heavy atom. The van der Waals surface area contributed by atoms with Crippen LogP contribution in [0.25, 0.3) is 0 Å². The molecule has 0 unspecified atom stereocenters. The minimum Gasteiger partial charge on any atom is -0.493 e. The van der Waals surface area contributed by atoms with Crippen molar-refractivity contribution in [1.82, 2.24) is 9.80 Å². The predicted molar refractivity (Wildman–Crippen MR) is 115 cm³/mol. The molecule has 31 heavy (non-hydrogen) atoms. The Kier molecular flexibility index (Phi) is 6.49. The number of carbonyl (C=O) groups is 2. The zero-order valence-electron chi connectivity index (χ0n) is 18.2. The molecule has 0 spiro atoms. The number of carbonyl (C=O) groups excluding carboxylic acids is 2. The summed E-state index contributed by atoms with van der Waals surface area (Å²) in [5, 5.41) is 0. The van der Waals surface area contributed by atoms with Gasteiger partial charge in [-0.15, -0.1) is 0 Å². The Hall–Kier alpha value is -2.96. The summed E-state index contributed by atoms with van der Waals surface area (Å²) in [4.78, 5) is 29.5. The van der Waals surface area contributed by atoms with Gasteiger partial charge in [-0.25, -0.2) is 0 Å². The molecule has 1 aromatic carbocycles. The molecule has 0 radical (unpaired) electrons. The van der Waals surface area contributed by atoms with Crippen LogP contribution in [0.15, 0.2) is 41.0 Å². The average molecular weight is 427 g/mol. The second kappa shape index (κ2) is 9.45. The van der Waals surface area contributed by atoms with Crippen LogP contribution in [0.1, 0.15) is 37.0 Å². The number of nitrogens with zero attached hydrogens (tertiary/aromatic N) is 2. The van der Waals surface area contributed by atoms with Crippen LogP contribution in [0.3, 0.4) is 0 Å². The standard InChI is InChI=1S/C24H30N2O5/c1-29-21-10-5-17(14-22(21)30-2)11-12-25(15-20-4-3-13-31-20)23(27)16-26(19-8-9-19)24(28)18-6-7-18/h3-5,10,13-14,18-19H,6-9,11-12,15-16H2,1-2H3. The Labute approximate surface area is 182 Å². The molecule has 2 aromatic rings. The second-order valence-corrected chi connectivity index (χ2v) is 8.31. The van der Waals surface area contributed by atoms with Crippen LogP contribution in [0.2, 0.25) is 0 Å². The van der Waals surface area contributed by atoms with E-state index in [0.717, 1.165) is 37.0 Å². The SMILES string of the molecule is COc1ccc(CCN(Cc2ccco2)C(=O)CN(C(=O)C2CC2)C2CC2)cc1OC. The van der Waals surface area contributed by atoms with Crippen molar-refractivity contribution in [2.24, 2.45) is 5.92 Å². The number of amides is 2. The quantitative estimate of drug-likeness (QED) is 0.551. The summed E-state index contributed by atoms with van der Waals surface area (Å²) < 4.78 is 16.2. The van der Waals surface area contributed by atoms with E-state index in [1.165, 1.54) is 0 Å². The van der Waals surface area contributed by atoms with E-state index in [9.17, 15) is 9.59 Å². The highest BCUT2D eigenvalue weighted by Crippen LogP contribution is 2.36. The van der Waals surface area contributed by atoms with Crippen molar-refractivity contribution in [1.29, 1.82) is 0 Å². The largest absolute Gasteiger partial charge is 0.493 e. The Balaban J connectivity index is 1.44. The van der Waals surface area contributed by atoms with Crippen molar-refractivity contribution < 1.29 is 23.5 Å². The van der Waals surface area contributed by atoms with Crippen molar-refractivity contribution in [3.8, 4) is 11.5 Å². The first-order valence-electron chi connectivity index (χ1n) is 10.9. The van der Waals surface area contributed by atoms with E-state index in [-0.39, 0.29) is 30.3 Å². The predicted octanol–water partition coefficient (Wildman–Crippen LogP) is 3.27. The fourth-order valence-electron chi connectivity index (χ4n) is 3.77. The maximum Gasteiger partial charge on any atom is 0.242 e. The zero-order valence-corrected chi connectivity index (χ0v) is 18.2. The molecular formula is C24H30N2O5. The summed E-state index contributed by atoms with van der Waals surface area (Å²) in [6.07, 6.45) is 6.16. The van der Waals surface area contributed by atoms with Crippen molar-refractivity contribution in [3.05, 3.63) is 47.9 Å². The lowest BCUT2D eigenvalue weighted by molar-refractivity contribution is -0.142. The molecular weight excluding hydrogens is 396 g/mol. The summed E-state index contributed by atoms with van der Waals surface area (Å²) in [5.74, 6) is 2.30. The first-order valence-corrected chi connectivity index (χ1v) is 10.9. The van der Waals surface area contributed by atoms with Crippen LogP contribution in [-0.4, -0.2) is 55.0 Å². The third-order valence-corrected chi connectivity index (χ3v) is 5.90. The number of hydrogen-bond donors (Lipinski definition) is 0. The van der Waals surface area contributed by atoms with Crippen molar-refractivity contribution >= 4 is 11.8 Å². The molecule has 0 N–H and O–H groups in total. The maximum absolute atomic E-state index is 13.3. The normalized spacial score (nSPS) is 15.4. The van der Waals surface area contributed by atoms with Crippen LogP contribution < -0.4 is 9.47 Å². The van der Waals surface area contributed by atoms with Gasteiger partial charge < -0.3 is 23.7 Å². The van der Waals surface area contributed by atoms with Crippen molar-refractivity contribution in [2.45, 2.75) is 44.7 Å². The molecule has 2 aliphatic rings. The van der Waals surface area contributed by atoms with Gasteiger partial charge in [-0.2, -0.15) is 0 Å². The van der Waals surface area contributed by atoms with Gasteiger partial charge in [0.1, 0.15) is 12.3 Å². The first-order chi connectivity index (χ1) is 15.1. The highest BCUT2D eigenvalue weighted by molar-refractivity contribution is 5.87. The van der Waals surface area contributed by atoms with E-state index in [0.29, 0.717) is 31.0 Å². The van der Waals surface area contributed by atoms with Crippen molar-refractivity contribution in [3.63, 3.8) is 0 Å². The second-order valence-electron chi connectivity index (χ2n) is 8.31. The number of methoxy groups -OCH3 is 2. The molecule has 1 heterocycles. The Morgan fingerprint density at radius 3 is 2.45 bits per heavy atom. The number of benzene rings is 1. The van der Waals surface area contributed by atoms with E-state index in [4.69, 9.17) is 13.9 Å². The Morgan fingerprint density at radius 1 is 1.06 bits per heavy atom. The van der Waals surface area contributed by atoms with Gasteiger partial charge in [0.2, 0.25) is 11.8 Å². The lowest BCUT2D eigenvalue weighted by Crippen LogP contribution is -2.44. The number of hydrogen-bond acceptors (Lipinski definition) is 5. The van der Waals surface area contributed by atoms with E-state index in [1.54, 1.807) is 25.4 Å². The van der Waals surface area contributed by atoms with Gasteiger partial charge in [0.05, 0.1) is 27.0 Å². The van der Waals surface area contributed by atoms with E-state index < -0.39 is 0 Å². The summed E-state index contributed by atoms with van der Waals surface area (Å²) in [6.45, 7) is 1.05. The van der Waals surface area contributed by atoms with Gasteiger partial charge in [-0.05, 0) is 61.9 Å². The zero-order chi connectivity index (χ0) is 21.8.